The van der Waals surface area contributed by atoms with Crippen LogP contribution in [-0.2, 0) is 11.3 Å². The second-order valence-electron chi connectivity index (χ2n) is 7.83. The number of methoxy groups -OCH3 is 1. The van der Waals surface area contributed by atoms with Gasteiger partial charge in [0.15, 0.2) is 17.5 Å². The van der Waals surface area contributed by atoms with E-state index >= 15 is 0 Å². The number of halogens is 1. The maximum absolute atomic E-state index is 5.96. The van der Waals surface area contributed by atoms with Crippen LogP contribution in [0, 0.1) is 0 Å². The number of likely N-dealkylation sites (tertiary alicyclic amines) is 1. The van der Waals surface area contributed by atoms with E-state index in [1.54, 1.807) is 7.11 Å². The van der Waals surface area contributed by atoms with Gasteiger partial charge in [0.05, 0.1) is 20.3 Å². The van der Waals surface area contributed by atoms with E-state index in [4.69, 9.17) is 14.2 Å². The van der Waals surface area contributed by atoms with Crippen molar-refractivity contribution in [1.29, 1.82) is 0 Å². The first-order valence-electron chi connectivity index (χ1n) is 10.9. The number of nitrogens with zero attached hydrogens (tertiary/aromatic N) is 3. The Bertz CT molecular complexity index is 872. The number of guanidine groups is 1. The summed E-state index contributed by atoms with van der Waals surface area (Å²) >= 11 is 0. The largest absolute Gasteiger partial charge is 0.493 e. The second kappa shape index (κ2) is 12.3. The summed E-state index contributed by atoms with van der Waals surface area (Å²) in [5, 5.41) is 3.51. The van der Waals surface area contributed by atoms with Crippen LogP contribution >= 0.6 is 24.0 Å². The Balaban J connectivity index is 0.00000289. The minimum atomic E-state index is 0. The normalized spacial score (nSPS) is 19.4. The van der Waals surface area contributed by atoms with Crippen LogP contribution in [0.4, 0.5) is 0 Å². The van der Waals surface area contributed by atoms with Crippen LogP contribution < -0.4 is 14.8 Å². The first-order valence-corrected chi connectivity index (χ1v) is 10.9. The SMILES string of the molecule is CN=C(NCc1ccc(Oc2ccccc2OC)cc1)N1CCC(N2CCOCC2)C1.I. The Labute approximate surface area is 207 Å². The van der Waals surface area contributed by atoms with Crippen molar-refractivity contribution in [3.8, 4) is 17.2 Å². The average molecular weight is 552 g/mol. The van der Waals surface area contributed by atoms with E-state index in [-0.39, 0.29) is 24.0 Å². The molecule has 0 radical (unpaired) electrons. The number of para-hydroxylation sites is 2. The Kier molecular flexibility index (Phi) is 9.43. The van der Waals surface area contributed by atoms with E-state index < -0.39 is 0 Å². The van der Waals surface area contributed by atoms with E-state index in [0.29, 0.717) is 11.8 Å². The predicted molar refractivity (Wildman–Crippen MR) is 137 cm³/mol. The van der Waals surface area contributed by atoms with Gasteiger partial charge in [0, 0.05) is 45.8 Å². The first kappa shape index (κ1) is 24.6. The maximum atomic E-state index is 5.96. The molecule has 0 amide bonds. The van der Waals surface area contributed by atoms with Gasteiger partial charge in [-0.05, 0) is 36.2 Å². The van der Waals surface area contributed by atoms with Gasteiger partial charge in [-0.1, -0.05) is 24.3 Å². The standard InChI is InChI=1S/C24H32N4O3.HI/c1-25-24(28-12-11-20(18-28)27-13-15-30-16-14-27)26-17-19-7-9-21(10-8-19)31-23-6-4-3-5-22(23)29-2;/h3-10,20H,11-18H2,1-2H3,(H,25,26);1H. The quantitative estimate of drug-likeness (QED) is 0.336. The van der Waals surface area contributed by atoms with Crippen molar-refractivity contribution in [3.05, 3.63) is 54.1 Å². The van der Waals surface area contributed by atoms with Crippen LogP contribution in [0.2, 0.25) is 0 Å². The third kappa shape index (κ3) is 6.26. The molecule has 174 valence electrons. The summed E-state index contributed by atoms with van der Waals surface area (Å²) in [4.78, 5) is 9.42. The molecule has 0 aromatic heterocycles. The molecule has 2 aromatic rings. The molecule has 4 rings (SSSR count). The fraction of sp³-hybridized carbons (Fsp3) is 0.458. The highest BCUT2D eigenvalue weighted by atomic mass is 127. The van der Waals surface area contributed by atoms with Crippen LogP contribution in [0.1, 0.15) is 12.0 Å². The first-order chi connectivity index (χ1) is 15.3. The molecule has 2 heterocycles. The van der Waals surface area contributed by atoms with Crippen LogP contribution in [0.5, 0.6) is 17.2 Å². The highest BCUT2D eigenvalue weighted by molar-refractivity contribution is 14.0. The van der Waals surface area contributed by atoms with Gasteiger partial charge in [0.25, 0.3) is 0 Å². The Morgan fingerprint density at radius 1 is 1.06 bits per heavy atom. The van der Waals surface area contributed by atoms with E-state index in [1.165, 1.54) is 12.0 Å². The minimum absolute atomic E-state index is 0. The molecule has 2 fully saturated rings. The lowest BCUT2D eigenvalue weighted by Gasteiger charge is -2.32. The van der Waals surface area contributed by atoms with Gasteiger partial charge < -0.3 is 24.4 Å². The highest BCUT2D eigenvalue weighted by Gasteiger charge is 2.30. The average Bonchev–Trinajstić information content (AvgIpc) is 3.32. The molecule has 2 aliphatic heterocycles. The summed E-state index contributed by atoms with van der Waals surface area (Å²) < 4.78 is 16.8. The number of benzene rings is 2. The molecule has 2 saturated heterocycles. The molecule has 2 aliphatic rings. The summed E-state index contributed by atoms with van der Waals surface area (Å²) in [6, 6.07) is 16.4. The molecular formula is C24H33IN4O3. The third-order valence-corrected chi connectivity index (χ3v) is 5.91. The molecular weight excluding hydrogens is 519 g/mol. The van der Waals surface area contributed by atoms with Gasteiger partial charge in [-0.3, -0.25) is 9.89 Å². The lowest BCUT2D eigenvalue weighted by Crippen LogP contribution is -2.46. The van der Waals surface area contributed by atoms with Crippen LogP contribution in [0.25, 0.3) is 0 Å². The zero-order valence-electron chi connectivity index (χ0n) is 18.8. The number of nitrogens with one attached hydrogen (secondary N) is 1. The minimum Gasteiger partial charge on any atom is -0.493 e. The van der Waals surface area contributed by atoms with E-state index in [0.717, 1.165) is 63.4 Å². The smallest absolute Gasteiger partial charge is 0.193 e. The van der Waals surface area contributed by atoms with E-state index in [9.17, 15) is 0 Å². The topological polar surface area (TPSA) is 58.6 Å². The lowest BCUT2D eigenvalue weighted by atomic mass is 10.2. The Morgan fingerprint density at radius 3 is 2.47 bits per heavy atom. The number of aliphatic imine (C=N–C) groups is 1. The predicted octanol–water partition coefficient (Wildman–Crippen LogP) is 3.59. The van der Waals surface area contributed by atoms with Gasteiger partial charge >= 0.3 is 0 Å². The number of hydrogen-bond acceptors (Lipinski definition) is 5. The number of rotatable bonds is 6. The summed E-state index contributed by atoms with van der Waals surface area (Å²) in [5.74, 6) is 3.17. The van der Waals surface area contributed by atoms with Crippen LogP contribution in [0.15, 0.2) is 53.5 Å². The molecule has 1 N–H and O–H groups in total. The van der Waals surface area contributed by atoms with Crippen LogP contribution in [0.3, 0.4) is 0 Å². The summed E-state index contributed by atoms with van der Waals surface area (Å²) in [7, 11) is 3.50. The van der Waals surface area contributed by atoms with E-state index in [1.807, 2.05) is 43.4 Å². The Hall–Kier alpha value is -2.04. The van der Waals surface area contributed by atoms with Crippen molar-refractivity contribution in [3.63, 3.8) is 0 Å². The van der Waals surface area contributed by atoms with E-state index in [2.05, 4.69) is 32.2 Å². The van der Waals surface area contributed by atoms with Crippen molar-refractivity contribution >= 4 is 29.9 Å². The third-order valence-electron chi connectivity index (χ3n) is 5.91. The summed E-state index contributed by atoms with van der Waals surface area (Å²) in [5.41, 5.74) is 1.18. The van der Waals surface area contributed by atoms with Crippen molar-refractivity contribution < 1.29 is 14.2 Å². The zero-order valence-corrected chi connectivity index (χ0v) is 21.2. The highest BCUT2D eigenvalue weighted by Crippen LogP contribution is 2.30. The van der Waals surface area contributed by atoms with Crippen molar-refractivity contribution in [2.24, 2.45) is 4.99 Å². The molecule has 0 spiro atoms. The zero-order chi connectivity index (χ0) is 21.5. The van der Waals surface area contributed by atoms with Crippen molar-refractivity contribution in [1.82, 2.24) is 15.1 Å². The molecule has 1 atom stereocenters. The van der Waals surface area contributed by atoms with Gasteiger partial charge in [0.2, 0.25) is 0 Å². The molecule has 1 unspecified atom stereocenters. The molecule has 7 nitrogen and oxygen atoms in total. The molecule has 2 aromatic carbocycles. The number of ether oxygens (including phenoxy) is 3. The summed E-state index contributed by atoms with van der Waals surface area (Å²) in [6.45, 7) is 6.54. The molecule has 0 saturated carbocycles. The molecule has 0 aliphatic carbocycles. The van der Waals surface area contributed by atoms with Crippen LogP contribution in [-0.4, -0.2) is 75.4 Å². The molecule has 8 heteroatoms. The molecule has 32 heavy (non-hydrogen) atoms. The molecule has 0 bridgehead atoms. The Morgan fingerprint density at radius 2 is 1.78 bits per heavy atom. The maximum Gasteiger partial charge on any atom is 0.193 e. The van der Waals surface area contributed by atoms with Gasteiger partial charge in [-0.15, -0.1) is 24.0 Å². The van der Waals surface area contributed by atoms with Gasteiger partial charge in [-0.2, -0.15) is 0 Å². The van der Waals surface area contributed by atoms with Crippen molar-refractivity contribution in [2.45, 2.75) is 19.0 Å². The van der Waals surface area contributed by atoms with Gasteiger partial charge in [-0.25, -0.2) is 0 Å². The second-order valence-corrected chi connectivity index (χ2v) is 7.83. The number of hydrogen-bond donors (Lipinski definition) is 1. The number of morpholine rings is 1. The summed E-state index contributed by atoms with van der Waals surface area (Å²) in [6.07, 6.45) is 1.18. The van der Waals surface area contributed by atoms with Gasteiger partial charge in [0.1, 0.15) is 5.75 Å². The fourth-order valence-corrected chi connectivity index (χ4v) is 4.19. The monoisotopic (exact) mass is 552 g/mol. The fourth-order valence-electron chi connectivity index (χ4n) is 4.19. The van der Waals surface area contributed by atoms with Crippen molar-refractivity contribution in [2.75, 3.05) is 53.6 Å². The lowest BCUT2D eigenvalue weighted by molar-refractivity contribution is 0.0195.